The van der Waals surface area contributed by atoms with E-state index in [-0.39, 0.29) is 0 Å². The Hall–Kier alpha value is -0.940. The average Bonchev–Trinajstić information content (AvgIpc) is 2.73. The Balaban J connectivity index is 1.70. The second-order valence-electron chi connectivity index (χ2n) is 5.75. The van der Waals surface area contributed by atoms with Crippen LogP contribution in [0.2, 0.25) is 0 Å². The number of ether oxygens (including phenoxy) is 7. The molecule has 8 nitrogen and oxygen atoms in total. The monoisotopic (exact) mass is 479 g/mol. The summed E-state index contributed by atoms with van der Waals surface area (Å²) in [6, 6.07) is 7.39. The minimum atomic E-state index is 0.452. The van der Waals surface area contributed by atoms with Gasteiger partial charge in [0.05, 0.1) is 85.0 Å². The molecule has 0 radical (unpaired) electrons. The molecule has 168 valence electrons. The highest BCUT2D eigenvalue weighted by Gasteiger charge is 1.98. The third-order valence-electron chi connectivity index (χ3n) is 3.49. The van der Waals surface area contributed by atoms with E-state index in [1.165, 1.54) is 0 Å². The summed E-state index contributed by atoms with van der Waals surface area (Å²) in [5.74, 6) is 0.677. The van der Waals surface area contributed by atoms with E-state index in [0.29, 0.717) is 97.3 Å². The number of benzene rings is 1. The number of hydrogen-bond acceptors (Lipinski definition) is 8. The van der Waals surface area contributed by atoms with E-state index in [9.17, 15) is 0 Å². The normalized spacial score (nSPS) is 11.1. The fraction of sp³-hybridized carbons (Fsp3) is 0.700. The molecule has 0 amide bonds. The topological polar surface area (TPSA) is 90.6 Å². The van der Waals surface area contributed by atoms with Crippen LogP contribution >= 0.6 is 15.9 Å². The third-order valence-corrected chi connectivity index (χ3v) is 3.81. The number of halogens is 1. The van der Waals surface area contributed by atoms with Gasteiger partial charge in [0.15, 0.2) is 0 Å². The van der Waals surface area contributed by atoms with Crippen LogP contribution in [0.25, 0.3) is 0 Å². The van der Waals surface area contributed by atoms with Gasteiger partial charge in [0.1, 0.15) is 12.4 Å². The third kappa shape index (κ3) is 16.5. The lowest BCUT2D eigenvalue weighted by molar-refractivity contribution is -0.0172. The Morgan fingerprint density at radius 3 is 1.34 bits per heavy atom. The number of nitrogens with two attached hydrogens (primary N) is 1. The molecule has 0 aromatic heterocycles. The van der Waals surface area contributed by atoms with Crippen LogP contribution in [-0.4, -0.2) is 91.2 Å². The van der Waals surface area contributed by atoms with Crippen LogP contribution in [0.15, 0.2) is 24.3 Å². The zero-order chi connectivity index (χ0) is 20.8. The molecule has 0 atom stereocenters. The number of alkyl halides is 1. The Morgan fingerprint density at radius 2 is 0.931 bits per heavy atom. The van der Waals surface area contributed by atoms with Crippen molar-refractivity contribution in [2.45, 2.75) is 0 Å². The summed E-state index contributed by atoms with van der Waals surface area (Å²) in [6.45, 7) is 7.10. The SMILES string of the molecule is Nc1ccccc1OCCOCCOCCOCCOCCOCCOCCBr. The van der Waals surface area contributed by atoms with E-state index in [1.54, 1.807) is 6.07 Å². The van der Waals surface area contributed by atoms with E-state index in [1.807, 2.05) is 18.2 Å². The molecule has 0 aliphatic heterocycles. The lowest BCUT2D eigenvalue weighted by Crippen LogP contribution is -2.15. The van der Waals surface area contributed by atoms with Crippen LogP contribution in [0.1, 0.15) is 0 Å². The maximum absolute atomic E-state index is 5.79. The van der Waals surface area contributed by atoms with Gasteiger partial charge in [-0.25, -0.2) is 0 Å². The lowest BCUT2D eigenvalue weighted by atomic mass is 10.3. The maximum Gasteiger partial charge on any atom is 0.142 e. The van der Waals surface area contributed by atoms with Crippen molar-refractivity contribution in [2.24, 2.45) is 0 Å². The zero-order valence-electron chi connectivity index (χ0n) is 17.0. The second kappa shape index (κ2) is 20.3. The van der Waals surface area contributed by atoms with Crippen LogP contribution in [0, 0.1) is 0 Å². The molecule has 1 rings (SSSR count). The first-order chi connectivity index (χ1) is 14.3. The first kappa shape index (κ1) is 26.1. The van der Waals surface area contributed by atoms with Crippen molar-refractivity contribution in [3.63, 3.8) is 0 Å². The van der Waals surface area contributed by atoms with E-state index in [0.717, 1.165) is 5.33 Å². The van der Waals surface area contributed by atoms with Crippen molar-refractivity contribution in [3.05, 3.63) is 24.3 Å². The lowest BCUT2D eigenvalue weighted by Gasteiger charge is -2.09. The second-order valence-corrected chi connectivity index (χ2v) is 6.54. The predicted octanol–water partition coefficient (Wildman–Crippen LogP) is 2.14. The van der Waals surface area contributed by atoms with Gasteiger partial charge < -0.3 is 38.9 Å². The van der Waals surface area contributed by atoms with Gasteiger partial charge in [-0.3, -0.25) is 0 Å². The smallest absolute Gasteiger partial charge is 0.142 e. The molecule has 9 heteroatoms. The molecule has 1 aromatic carbocycles. The van der Waals surface area contributed by atoms with E-state index >= 15 is 0 Å². The van der Waals surface area contributed by atoms with Crippen LogP contribution in [0.5, 0.6) is 5.75 Å². The fourth-order valence-corrected chi connectivity index (χ4v) is 2.31. The molecular weight excluding hydrogens is 446 g/mol. The Labute approximate surface area is 182 Å². The average molecular weight is 480 g/mol. The minimum Gasteiger partial charge on any atom is -0.489 e. The highest BCUT2D eigenvalue weighted by Crippen LogP contribution is 2.19. The highest BCUT2D eigenvalue weighted by molar-refractivity contribution is 9.09. The predicted molar refractivity (Wildman–Crippen MR) is 115 cm³/mol. The van der Waals surface area contributed by atoms with Gasteiger partial charge in [0.25, 0.3) is 0 Å². The van der Waals surface area contributed by atoms with Gasteiger partial charge in [-0.1, -0.05) is 28.1 Å². The number of anilines is 1. The van der Waals surface area contributed by atoms with Crippen molar-refractivity contribution in [1.29, 1.82) is 0 Å². The van der Waals surface area contributed by atoms with Crippen molar-refractivity contribution >= 4 is 21.6 Å². The molecule has 1 aromatic rings. The first-order valence-corrected chi connectivity index (χ1v) is 11.0. The summed E-state index contributed by atoms with van der Waals surface area (Å²) in [5.41, 5.74) is 6.42. The molecule has 2 N–H and O–H groups in total. The molecule has 0 bridgehead atoms. The number of nitrogen functional groups attached to an aromatic ring is 1. The molecule has 0 heterocycles. The molecule has 0 saturated carbocycles. The Morgan fingerprint density at radius 1 is 0.552 bits per heavy atom. The Bertz CT molecular complexity index is 482. The van der Waals surface area contributed by atoms with E-state index < -0.39 is 0 Å². The van der Waals surface area contributed by atoms with Crippen molar-refractivity contribution in [1.82, 2.24) is 0 Å². The summed E-state index contributed by atoms with van der Waals surface area (Å²) in [4.78, 5) is 0. The van der Waals surface area contributed by atoms with Crippen LogP contribution in [0.4, 0.5) is 5.69 Å². The number of hydrogen-bond donors (Lipinski definition) is 1. The molecule has 0 unspecified atom stereocenters. The highest BCUT2D eigenvalue weighted by atomic mass is 79.9. The molecular formula is C20H34BrNO7. The fourth-order valence-electron chi connectivity index (χ4n) is 2.08. The number of para-hydroxylation sites is 2. The van der Waals surface area contributed by atoms with Gasteiger partial charge in [0.2, 0.25) is 0 Å². The van der Waals surface area contributed by atoms with Crippen molar-refractivity contribution in [2.75, 3.05) is 97.0 Å². The summed E-state index contributed by atoms with van der Waals surface area (Å²) < 4.78 is 37.9. The van der Waals surface area contributed by atoms with Gasteiger partial charge >= 0.3 is 0 Å². The van der Waals surface area contributed by atoms with Crippen molar-refractivity contribution in [3.8, 4) is 5.75 Å². The standard InChI is InChI=1S/C20H34BrNO7/c21-5-6-23-7-8-24-9-10-25-11-12-26-13-14-27-15-16-28-17-18-29-20-4-2-1-3-19(20)22/h1-4H,5-18,22H2. The Kier molecular flexibility index (Phi) is 18.3. The van der Waals surface area contributed by atoms with E-state index in [2.05, 4.69) is 15.9 Å². The molecule has 0 saturated heterocycles. The summed E-state index contributed by atoms with van der Waals surface area (Å²) in [7, 11) is 0. The largest absolute Gasteiger partial charge is 0.489 e. The molecule has 0 aliphatic carbocycles. The maximum atomic E-state index is 5.79. The first-order valence-electron chi connectivity index (χ1n) is 9.84. The van der Waals surface area contributed by atoms with Crippen molar-refractivity contribution < 1.29 is 33.2 Å². The molecule has 0 spiro atoms. The zero-order valence-corrected chi connectivity index (χ0v) is 18.6. The quantitative estimate of drug-likeness (QED) is 0.163. The van der Waals surface area contributed by atoms with Gasteiger partial charge in [-0.05, 0) is 12.1 Å². The minimum absolute atomic E-state index is 0.452. The molecule has 0 fully saturated rings. The van der Waals surface area contributed by atoms with Crippen LogP contribution in [0.3, 0.4) is 0 Å². The number of rotatable bonds is 21. The van der Waals surface area contributed by atoms with Crippen LogP contribution < -0.4 is 10.5 Å². The summed E-state index contributed by atoms with van der Waals surface area (Å²) in [6.07, 6.45) is 0. The van der Waals surface area contributed by atoms with Gasteiger partial charge in [0, 0.05) is 5.33 Å². The van der Waals surface area contributed by atoms with Gasteiger partial charge in [-0.15, -0.1) is 0 Å². The summed E-state index contributed by atoms with van der Waals surface area (Å²) in [5, 5.41) is 0.843. The van der Waals surface area contributed by atoms with E-state index in [4.69, 9.17) is 38.9 Å². The van der Waals surface area contributed by atoms with Gasteiger partial charge in [-0.2, -0.15) is 0 Å². The summed E-state index contributed by atoms with van der Waals surface area (Å²) >= 11 is 3.29. The van der Waals surface area contributed by atoms with Crippen LogP contribution in [-0.2, 0) is 28.4 Å². The molecule has 29 heavy (non-hydrogen) atoms. The molecule has 0 aliphatic rings.